The summed E-state index contributed by atoms with van der Waals surface area (Å²) in [5.74, 6) is 0.217. The summed E-state index contributed by atoms with van der Waals surface area (Å²) in [4.78, 5) is 24.9. The van der Waals surface area contributed by atoms with Crippen molar-refractivity contribution in [2.24, 2.45) is 5.10 Å². The average molecular weight is 509 g/mol. The Morgan fingerprint density at radius 3 is 2.55 bits per heavy atom. The third-order valence-electron chi connectivity index (χ3n) is 4.68. The van der Waals surface area contributed by atoms with Gasteiger partial charge in [0.05, 0.1) is 18.4 Å². The minimum absolute atomic E-state index is 0.330. The van der Waals surface area contributed by atoms with Crippen LogP contribution in [0.4, 0.5) is 0 Å². The molecule has 0 saturated heterocycles. The Hall–Kier alpha value is -3.45. The molecule has 0 aliphatic carbocycles. The van der Waals surface area contributed by atoms with E-state index in [1.807, 2.05) is 13.0 Å². The highest BCUT2D eigenvalue weighted by Gasteiger charge is 2.12. The van der Waals surface area contributed by atoms with Crippen LogP contribution < -0.4 is 14.9 Å². The minimum atomic E-state index is -0.471. The van der Waals surface area contributed by atoms with Crippen LogP contribution in [0.2, 0.25) is 0 Å². The molecule has 0 aromatic heterocycles. The lowest BCUT2D eigenvalue weighted by Gasteiger charge is -2.09. The molecule has 1 N–H and O–H groups in total. The van der Waals surface area contributed by atoms with E-state index in [1.165, 1.54) is 6.21 Å². The number of unbranched alkanes of at least 4 members (excludes halogenated alkanes) is 1. The Kier molecular flexibility index (Phi) is 8.78. The van der Waals surface area contributed by atoms with E-state index in [0.29, 0.717) is 29.0 Å². The van der Waals surface area contributed by atoms with Gasteiger partial charge in [-0.25, -0.2) is 10.2 Å². The Morgan fingerprint density at radius 1 is 1.03 bits per heavy atom. The zero-order chi connectivity index (χ0) is 23.6. The third kappa shape index (κ3) is 7.29. The number of amides is 1. The van der Waals surface area contributed by atoms with Crippen LogP contribution in [0.15, 0.2) is 76.3 Å². The lowest BCUT2D eigenvalue weighted by molar-refractivity contribution is 0.0734. The van der Waals surface area contributed by atoms with Crippen LogP contribution in [-0.2, 0) is 0 Å². The summed E-state index contributed by atoms with van der Waals surface area (Å²) in [7, 11) is 0. The number of hydrogen-bond donors (Lipinski definition) is 1. The summed E-state index contributed by atoms with van der Waals surface area (Å²) < 4.78 is 11.9. The van der Waals surface area contributed by atoms with Crippen molar-refractivity contribution in [1.29, 1.82) is 0 Å². The predicted octanol–water partition coefficient (Wildman–Crippen LogP) is 5.92. The first-order valence-electron chi connectivity index (χ1n) is 10.6. The molecule has 6 nitrogen and oxygen atoms in total. The van der Waals surface area contributed by atoms with E-state index in [4.69, 9.17) is 9.47 Å². The van der Waals surface area contributed by atoms with Gasteiger partial charge in [-0.05, 0) is 67.9 Å². The Bertz CT molecular complexity index is 1140. The molecular weight excluding hydrogens is 484 g/mol. The van der Waals surface area contributed by atoms with E-state index >= 15 is 0 Å². The first-order chi connectivity index (χ1) is 16.0. The van der Waals surface area contributed by atoms with Gasteiger partial charge in [-0.3, -0.25) is 4.79 Å². The van der Waals surface area contributed by atoms with Crippen LogP contribution >= 0.6 is 15.9 Å². The van der Waals surface area contributed by atoms with Crippen molar-refractivity contribution in [2.45, 2.75) is 26.7 Å². The molecule has 0 spiro atoms. The van der Waals surface area contributed by atoms with Crippen molar-refractivity contribution in [3.05, 3.63) is 93.5 Å². The second kappa shape index (κ2) is 12.0. The van der Waals surface area contributed by atoms with Crippen molar-refractivity contribution in [2.75, 3.05) is 6.61 Å². The Balaban J connectivity index is 1.65. The zero-order valence-corrected chi connectivity index (χ0v) is 20.1. The molecule has 0 radical (unpaired) electrons. The first-order valence-corrected chi connectivity index (χ1v) is 11.4. The van der Waals surface area contributed by atoms with Gasteiger partial charge in [-0.2, -0.15) is 5.10 Å². The van der Waals surface area contributed by atoms with Gasteiger partial charge in [-0.1, -0.05) is 47.0 Å². The van der Waals surface area contributed by atoms with Crippen LogP contribution in [0.3, 0.4) is 0 Å². The van der Waals surface area contributed by atoms with E-state index in [2.05, 4.69) is 33.4 Å². The number of carbonyl (C=O) groups excluding carboxylic acids is 2. The molecular formula is C26H25BrN2O4. The lowest BCUT2D eigenvalue weighted by Crippen LogP contribution is -2.17. The monoisotopic (exact) mass is 508 g/mol. The third-order valence-corrected chi connectivity index (χ3v) is 5.17. The molecule has 170 valence electrons. The lowest BCUT2D eigenvalue weighted by atomic mass is 10.1. The van der Waals surface area contributed by atoms with Gasteiger partial charge in [0.2, 0.25) is 0 Å². The van der Waals surface area contributed by atoms with Crippen molar-refractivity contribution >= 4 is 34.0 Å². The predicted molar refractivity (Wildman–Crippen MR) is 132 cm³/mol. The molecule has 0 bridgehead atoms. The molecule has 1 amide bonds. The number of hydrazone groups is 1. The normalized spacial score (nSPS) is 10.8. The minimum Gasteiger partial charge on any atom is -0.494 e. The Morgan fingerprint density at radius 2 is 1.82 bits per heavy atom. The molecule has 0 aliphatic heterocycles. The van der Waals surface area contributed by atoms with Gasteiger partial charge in [0.25, 0.3) is 5.91 Å². The molecule has 0 unspecified atom stereocenters. The van der Waals surface area contributed by atoms with Crippen LogP contribution in [0.1, 0.15) is 51.6 Å². The summed E-state index contributed by atoms with van der Waals surface area (Å²) in [6.45, 7) is 4.66. The summed E-state index contributed by atoms with van der Waals surface area (Å²) >= 11 is 3.40. The SMILES string of the molecule is CCCCOc1ccc(C(=O)N/N=C/c2cc(Br)ccc2OC(=O)c2cccc(C)c2)cc1. The molecule has 0 atom stereocenters. The number of ether oxygens (including phenoxy) is 2. The zero-order valence-electron chi connectivity index (χ0n) is 18.5. The maximum atomic E-state index is 12.5. The molecule has 3 aromatic carbocycles. The number of halogens is 1. The molecule has 0 fully saturated rings. The number of carbonyl (C=O) groups is 2. The number of benzene rings is 3. The number of nitrogens with zero attached hydrogens (tertiary/aromatic N) is 1. The smallest absolute Gasteiger partial charge is 0.343 e. The molecule has 0 aliphatic rings. The molecule has 3 rings (SSSR count). The number of rotatable bonds is 9. The van der Waals surface area contributed by atoms with Gasteiger partial charge in [0.15, 0.2) is 0 Å². The van der Waals surface area contributed by atoms with Crippen molar-refractivity contribution < 1.29 is 19.1 Å². The second-order valence-electron chi connectivity index (χ2n) is 7.37. The van der Waals surface area contributed by atoms with Gasteiger partial charge in [-0.15, -0.1) is 0 Å². The van der Waals surface area contributed by atoms with Gasteiger partial charge in [0, 0.05) is 15.6 Å². The number of aryl methyl sites for hydroxylation is 1. The quantitative estimate of drug-likeness (QED) is 0.128. The maximum Gasteiger partial charge on any atom is 0.343 e. The number of hydrogen-bond acceptors (Lipinski definition) is 5. The van der Waals surface area contributed by atoms with E-state index in [-0.39, 0.29) is 5.91 Å². The van der Waals surface area contributed by atoms with Crippen LogP contribution in [0.5, 0.6) is 11.5 Å². The highest BCUT2D eigenvalue weighted by Crippen LogP contribution is 2.23. The van der Waals surface area contributed by atoms with E-state index in [9.17, 15) is 9.59 Å². The van der Waals surface area contributed by atoms with E-state index in [1.54, 1.807) is 60.7 Å². The van der Waals surface area contributed by atoms with Crippen LogP contribution in [0, 0.1) is 6.92 Å². The van der Waals surface area contributed by atoms with Gasteiger partial charge in [0.1, 0.15) is 11.5 Å². The van der Waals surface area contributed by atoms with E-state index in [0.717, 1.165) is 28.6 Å². The van der Waals surface area contributed by atoms with Crippen LogP contribution in [0.25, 0.3) is 0 Å². The fourth-order valence-corrected chi connectivity index (χ4v) is 3.28. The summed E-state index contributed by atoms with van der Waals surface area (Å²) in [6.07, 6.45) is 3.47. The van der Waals surface area contributed by atoms with Gasteiger partial charge < -0.3 is 9.47 Å². The highest BCUT2D eigenvalue weighted by atomic mass is 79.9. The highest BCUT2D eigenvalue weighted by molar-refractivity contribution is 9.10. The van der Waals surface area contributed by atoms with E-state index < -0.39 is 5.97 Å². The summed E-state index contributed by atoms with van der Waals surface area (Å²) in [5, 5.41) is 4.03. The first kappa shape index (κ1) is 24.2. The second-order valence-corrected chi connectivity index (χ2v) is 8.28. The number of esters is 1. The number of nitrogens with one attached hydrogen (secondary N) is 1. The fourth-order valence-electron chi connectivity index (χ4n) is 2.91. The molecule has 0 saturated carbocycles. The van der Waals surface area contributed by atoms with Crippen molar-refractivity contribution in [3.8, 4) is 11.5 Å². The average Bonchev–Trinajstić information content (AvgIpc) is 2.81. The topological polar surface area (TPSA) is 77.0 Å². The summed E-state index contributed by atoms with van der Waals surface area (Å²) in [6, 6.07) is 19.2. The summed E-state index contributed by atoms with van der Waals surface area (Å²) in [5.41, 5.74) is 4.90. The molecule has 3 aromatic rings. The molecule has 33 heavy (non-hydrogen) atoms. The molecule has 0 heterocycles. The van der Waals surface area contributed by atoms with Crippen molar-refractivity contribution in [3.63, 3.8) is 0 Å². The fraction of sp³-hybridized carbons (Fsp3) is 0.192. The van der Waals surface area contributed by atoms with Gasteiger partial charge >= 0.3 is 5.97 Å². The standard InChI is InChI=1S/C26H25BrN2O4/c1-3-4-14-32-23-11-8-19(9-12-23)25(30)29-28-17-21-16-22(27)10-13-24(21)33-26(31)20-7-5-6-18(2)15-20/h5-13,15-17H,3-4,14H2,1-2H3,(H,29,30)/b28-17+. The maximum absolute atomic E-state index is 12.5. The Labute approximate surface area is 201 Å². The van der Waals surface area contributed by atoms with Crippen LogP contribution in [-0.4, -0.2) is 24.7 Å². The molecule has 7 heteroatoms. The van der Waals surface area contributed by atoms with Crippen molar-refractivity contribution in [1.82, 2.24) is 5.43 Å². The largest absolute Gasteiger partial charge is 0.494 e.